The molecule has 0 atom stereocenters. The molecule has 1 aliphatic rings. The molecule has 3 aromatic carbocycles. The fraction of sp³-hybridized carbons (Fsp3) is 0.185. The van der Waals surface area contributed by atoms with E-state index in [4.69, 9.17) is 4.98 Å². The molecule has 2 N–H and O–H groups in total. The zero-order valence-electron chi connectivity index (χ0n) is 19.6. The lowest BCUT2D eigenvalue weighted by Crippen LogP contribution is -2.28. The van der Waals surface area contributed by atoms with Crippen LogP contribution in [0.4, 0.5) is 5.69 Å². The molecular weight excluding hydrogens is 492 g/mol. The number of H-pyrrole nitrogens is 1. The highest BCUT2D eigenvalue weighted by Crippen LogP contribution is 2.32. The van der Waals surface area contributed by atoms with Crippen molar-refractivity contribution in [1.82, 2.24) is 14.3 Å². The van der Waals surface area contributed by atoms with Crippen molar-refractivity contribution in [2.45, 2.75) is 22.9 Å². The van der Waals surface area contributed by atoms with Gasteiger partial charge in [0.25, 0.3) is 0 Å². The average molecular weight is 519 g/mol. The maximum atomic E-state index is 12.8. The van der Waals surface area contributed by atoms with Crippen LogP contribution in [0, 0.1) is 0 Å². The summed E-state index contributed by atoms with van der Waals surface area (Å²) in [5, 5.41) is 3.45. The van der Waals surface area contributed by atoms with Crippen LogP contribution in [0.25, 0.3) is 22.5 Å². The maximum absolute atomic E-state index is 12.8. The molecule has 2 heterocycles. The molecule has 0 radical (unpaired) electrons. The van der Waals surface area contributed by atoms with E-state index in [2.05, 4.69) is 10.3 Å². The van der Waals surface area contributed by atoms with Crippen LogP contribution in [0.3, 0.4) is 0 Å². The first-order chi connectivity index (χ1) is 17.5. The molecule has 1 fully saturated rings. The lowest BCUT2D eigenvalue weighted by Gasteiger charge is -2.16. The van der Waals surface area contributed by atoms with E-state index in [0.717, 1.165) is 35.4 Å². The third kappa shape index (κ3) is 5.38. The SMILES string of the molecule is O=C(CSc1nc(-c2ccccc2)c(-c2ccccc2)[nH]1)Nc1cccc(S(=O)(=O)N2CCCC2)c1. The number of hydrogen-bond donors (Lipinski definition) is 2. The third-order valence-corrected chi connectivity index (χ3v) is 8.72. The molecule has 1 aliphatic heterocycles. The van der Waals surface area contributed by atoms with Crippen molar-refractivity contribution in [3.8, 4) is 22.5 Å². The van der Waals surface area contributed by atoms with Crippen LogP contribution in [0.1, 0.15) is 12.8 Å². The summed E-state index contributed by atoms with van der Waals surface area (Å²) in [6.45, 7) is 1.07. The number of benzene rings is 3. The van der Waals surface area contributed by atoms with Crippen LogP contribution in [0.5, 0.6) is 0 Å². The van der Waals surface area contributed by atoms with Gasteiger partial charge < -0.3 is 10.3 Å². The van der Waals surface area contributed by atoms with Gasteiger partial charge in [0.15, 0.2) is 5.16 Å². The van der Waals surface area contributed by atoms with Crippen molar-refractivity contribution in [3.05, 3.63) is 84.9 Å². The highest BCUT2D eigenvalue weighted by molar-refractivity contribution is 7.99. The predicted octanol–water partition coefficient (Wildman–Crippen LogP) is 5.26. The molecule has 0 spiro atoms. The van der Waals surface area contributed by atoms with Gasteiger partial charge in [-0.3, -0.25) is 4.79 Å². The molecule has 184 valence electrons. The Bertz CT molecular complexity index is 1390. The van der Waals surface area contributed by atoms with Gasteiger partial charge in [-0.15, -0.1) is 0 Å². The van der Waals surface area contributed by atoms with E-state index >= 15 is 0 Å². The van der Waals surface area contributed by atoms with Crippen molar-refractivity contribution >= 4 is 33.4 Å². The maximum Gasteiger partial charge on any atom is 0.243 e. The highest BCUT2D eigenvalue weighted by Gasteiger charge is 2.27. The second kappa shape index (κ2) is 10.7. The van der Waals surface area contributed by atoms with E-state index in [1.165, 1.54) is 22.1 Å². The number of imidazole rings is 1. The summed E-state index contributed by atoms with van der Waals surface area (Å²) in [6.07, 6.45) is 1.75. The fourth-order valence-corrected chi connectivity index (χ4v) is 6.41. The number of nitrogens with zero attached hydrogens (tertiary/aromatic N) is 2. The van der Waals surface area contributed by atoms with Gasteiger partial charge >= 0.3 is 0 Å². The van der Waals surface area contributed by atoms with Crippen LogP contribution >= 0.6 is 11.8 Å². The summed E-state index contributed by atoms with van der Waals surface area (Å²) in [4.78, 5) is 21.0. The van der Waals surface area contributed by atoms with E-state index in [1.807, 2.05) is 60.7 Å². The normalized spacial score (nSPS) is 14.1. The topological polar surface area (TPSA) is 95.2 Å². The molecule has 1 amide bonds. The molecule has 4 aromatic rings. The average Bonchev–Trinajstić information content (AvgIpc) is 3.60. The summed E-state index contributed by atoms with van der Waals surface area (Å²) in [5.41, 5.74) is 4.17. The lowest BCUT2D eigenvalue weighted by molar-refractivity contribution is -0.113. The Labute approximate surface area is 215 Å². The smallest absolute Gasteiger partial charge is 0.243 e. The van der Waals surface area contributed by atoms with Crippen LogP contribution in [0.2, 0.25) is 0 Å². The molecule has 1 saturated heterocycles. The van der Waals surface area contributed by atoms with Gasteiger partial charge in [0.1, 0.15) is 0 Å². The van der Waals surface area contributed by atoms with Gasteiger partial charge in [-0.05, 0) is 31.0 Å². The van der Waals surface area contributed by atoms with Crippen LogP contribution in [0.15, 0.2) is 95.0 Å². The van der Waals surface area contributed by atoms with Crippen LogP contribution in [-0.4, -0.2) is 47.4 Å². The van der Waals surface area contributed by atoms with Gasteiger partial charge in [0.2, 0.25) is 15.9 Å². The van der Waals surface area contributed by atoms with E-state index in [-0.39, 0.29) is 16.6 Å². The Kier molecular flexibility index (Phi) is 7.22. The van der Waals surface area contributed by atoms with Crippen molar-refractivity contribution in [1.29, 1.82) is 0 Å². The molecule has 36 heavy (non-hydrogen) atoms. The van der Waals surface area contributed by atoms with Crippen molar-refractivity contribution in [2.75, 3.05) is 24.2 Å². The molecule has 5 rings (SSSR count). The Morgan fingerprint density at radius 3 is 2.28 bits per heavy atom. The zero-order valence-corrected chi connectivity index (χ0v) is 21.2. The van der Waals surface area contributed by atoms with Gasteiger partial charge in [-0.2, -0.15) is 4.31 Å². The largest absolute Gasteiger partial charge is 0.332 e. The standard InChI is InChI=1S/C27H26N4O3S2/c32-24(28-22-14-9-15-23(18-22)36(33,34)31-16-7-8-17-31)19-35-27-29-25(20-10-3-1-4-11-20)26(30-27)21-12-5-2-6-13-21/h1-6,9-15,18H,7-8,16-17,19H2,(H,28,32)(H,29,30). The number of aromatic amines is 1. The minimum atomic E-state index is -3.55. The number of carbonyl (C=O) groups is 1. The Morgan fingerprint density at radius 2 is 1.58 bits per heavy atom. The Morgan fingerprint density at radius 1 is 0.917 bits per heavy atom. The number of carbonyl (C=O) groups excluding carboxylic acids is 1. The highest BCUT2D eigenvalue weighted by atomic mass is 32.2. The molecule has 0 saturated carbocycles. The molecule has 0 bridgehead atoms. The first-order valence-electron chi connectivity index (χ1n) is 11.7. The molecular formula is C27H26N4O3S2. The second-order valence-corrected chi connectivity index (χ2v) is 11.4. The Hall–Kier alpha value is -3.40. The van der Waals surface area contributed by atoms with E-state index in [9.17, 15) is 13.2 Å². The van der Waals surface area contributed by atoms with E-state index in [0.29, 0.717) is 23.9 Å². The molecule has 0 unspecified atom stereocenters. The first-order valence-corrected chi connectivity index (χ1v) is 14.2. The van der Waals surface area contributed by atoms with E-state index < -0.39 is 10.0 Å². The first kappa shape index (κ1) is 24.3. The number of amides is 1. The molecule has 1 aromatic heterocycles. The number of aromatic nitrogens is 2. The van der Waals surface area contributed by atoms with Crippen LogP contribution < -0.4 is 5.32 Å². The van der Waals surface area contributed by atoms with E-state index in [1.54, 1.807) is 18.2 Å². The van der Waals surface area contributed by atoms with Crippen molar-refractivity contribution < 1.29 is 13.2 Å². The number of nitrogens with one attached hydrogen (secondary N) is 2. The Balaban J connectivity index is 1.29. The summed E-state index contributed by atoms with van der Waals surface area (Å²) in [7, 11) is -3.55. The number of thioether (sulfide) groups is 1. The number of hydrogen-bond acceptors (Lipinski definition) is 5. The van der Waals surface area contributed by atoms with Crippen molar-refractivity contribution in [2.24, 2.45) is 0 Å². The fourth-order valence-electron chi connectivity index (χ4n) is 4.18. The summed E-state index contributed by atoms with van der Waals surface area (Å²) in [5.74, 6) is -0.117. The van der Waals surface area contributed by atoms with Gasteiger partial charge in [0.05, 0.1) is 22.0 Å². The third-order valence-electron chi connectivity index (χ3n) is 5.95. The van der Waals surface area contributed by atoms with Gasteiger partial charge in [-0.1, -0.05) is 78.5 Å². The molecule has 9 heteroatoms. The molecule has 7 nitrogen and oxygen atoms in total. The monoisotopic (exact) mass is 518 g/mol. The van der Waals surface area contributed by atoms with Gasteiger partial charge in [0, 0.05) is 29.9 Å². The predicted molar refractivity (Wildman–Crippen MR) is 143 cm³/mol. The molecule has 0 aliphatic carbocycles. The summed E-state index contributed by atoms with van der Waals surface area (Å²) in [6, 6.07) is 26.3. The lowest BCUT2D eigenvalue weighted by atomic mass is 10.1. The number of rotatable bonds is 8. The number of anilines is 1. The second-order valence-electron chi connectivity index (χ2n) is 8.47. The number of sulfonamides is 1. The quantitative estimate of drug-likeness (QED) is 0.310. The van der Waals surface area contributed by atoms with Crippen LogP contribution in [-0.2, 0) is 14.8 Å². The minimum Gasteiger partial charge on any atom is -0.332 e. The van der Waals surface area contributed by atoms with Crippen molar-refractivity contribution in [3.63, 3.8) is 0 Å². The minimum absolute atomic E-state index is 0.124. The zero-order chi connectivity index (χ0) is 25.0. The summed E-state index contributed by atoms with van der Waals surface area (Å²) < 4.78 is 27.2. The summed E-state index contributed by atoms with van der Waals surface area (Å²) >= 11 is 1.30. The van der Waals surface area contributed by atoms with Gasteiger partial charge in [-0.25, -0.2) is 13.4 Å².